The molecular weight excluding hydrogens is 395 g/mol. The Morgan fingerprint density at radius 3 is 2.50 bits per heavy atom. The Hall–Kier alpha value is -2.16. The Balaban J connectivity index is 1.23. The van der Waals surface area contributed by atoms with Crippen LogP contribution in [0.2, 0.25) is 0 Å². The number of hydrogen-bond acceptors (Lipinski definition) is 1. The van der Waals surface area contributed by atoms with Gasteiger partial charge in [0.25, 0.3) is 0 Å². The van der Waals surface area contributed by atoms with E-state index in [9.17, 15) is 0 Å². The first-order valence-electron chi connectivity index (χ1n) is 12.9. The summed E-state index contributed by atoms with van der Waals surface area (Å²) in [5.74, 6) is 3.93. The van der Waals surface area contributed by atoms with Crippen molar-refractivity contribution in [2.24, 2.45) is 23.7 Å². The molecule has 0 saturated heterocycles. The molecule has 3 aromatic rings. The number of aromatic nitrogens is 2. The van der Waals surface area contributed by atoms with E-state index < -0.39 is 0 Å². The van der Waals surface area contributed by atoms with Crippen LogP contribution in [0.15, 0.2) is 36.4 Å². The lowest BCUT2D eigenvalue weighted by Gasteiger charge is -2.22. The minimum atomic E-state index is -0.234. The average molecular weight is 431 g/mol. The number of nitrogens with one attached hydrogen (secondary N) is 1. The highest BCUT2D eigenvalue weighted by molar-refractivity contribution is 5.80. The van der Waals surface area contributed by atoms with Gasteiger partial charge in [0.05, 0.1) is 11.0 Å². The second kappa shape index (κ2) is 8.32. The summed E-state index contributed by atoms with van der Waals surface area (Å²) in [4.78, 5) is 8.24. The van der Waals surface area contributed by atoms with E-state index in [0.717, 1.165) is 46.7 Å². The fraction of sp³-hybridized carbons (Fsp3) is 0.552. The topological polar surface area (TPSA) is 28.7 Å². The molecule has 2 nitrogen and oxygen atoms in total. The standard InChI is InChI=1S/C29H35FN2/c1-18-7-13-25-22(12-14-24(18)25)15-23-16-27-28(31-23)17-26(30)29(32-27)21-10-8-20(9-11-21)19-5-3-2-4-6-19/h8-11,16-19,22,24-25,31H,2-7,12-15H2,1H3. The summed E-state index contributed by atoms with van der Waals surface area (Å²) in [5, 5.41) is 0. The van der Waals surface area contributed by atoms with Crippen molar-refractivity contribution in [2.75, 3.05) is 0 Å². The van der Waals surface area contributed by atoms with Gasteiger partial charge in [0.2, 0.25) is 0 Å². The van der Waals surface area contributed by atoms with Gasteiger partial charge in [-0.3, -0.25) is 0 Å². The van der Waals surface area contributed by atoms with E-state index in [1.165, 1.54) is 69.0 Å². The zero-order valence-electron chi connectivity index (χ0n) is 19.2. The van der Waals surface area contributed by atoms with Crippen molar-refractivity contribution in [3.8, 4) is 11.3 Å². The molecule has 3 fully saturated rings. The van der Waals surface area contributed by atoms with Crippen molar-refractivity contribution in [3.05, 3.63) is 53.5 Å². The van der Waals surface area contributed by atoms with Gasteiger partial charge in [-0.25, -0.2) is 9.37 Å². The van der Waals surface area contributed by atoms with Crippen LogP contribution in [-0.4, -0.2) is 9.97 Å². The third-order valence-corrected chi connectivity index (χ3v) is 9.07. The number of pyridine rings is 1. The van der Waals surface area contributed by atoms with E-state index in [1.54, 1.807) is 6.07 Å². The molecule has 0 amide bonds. The van der Waals surface area contributed by atoms with Gasteiger partial charge in [-0.2, -0.15) is 0 Å². The minimum absolute atomic E-state index is 0.234. The molecule has 1 aromatic carbocycles. The summed E-state index contributed by atoms with van der Waals surface area (Å²) >= 11 is 0. The summed E-state index contributed by atoms with van der Waals surface area (Å²) in [5.41, 5.74) is 5.70. The molecule has 2 heterocycles. The molecule has 4 atom stereocenters. The molecule has 2 aromatic heterocycles. The van der Waals surface area contributed by atoms with Crippen LogP contribution >= 0.6 is 0 Å². The quantitative estimate of drug-likeness (QED) is 0.446. The summed E-state index contributed by atoms with van der Waals surface area (Å²) < 4.78 is 15.0. The minimum Gasteiger partial charge on any atom is -0.357 e. The van der Waals surface area contributed by atoms with Crippen molar-refractivity contribution in [2.45, 2.75) is 77.0 Å². The van der Waals surface area contributed by atoms with Crippen LogP contribution in [0.3, 0.4) is 0 Å². The number of H-pyrrole nitrogens is 1. The van der Waals surface area contributed by atoms with E-state index in [4.69, 9.17) is 4.98 Å². The van der Waals surface area contributed by atoms with Crippen LogP contribution in [0.4, 0.5) is 4.39 Å². The van der Waals surface area contributed by atoms with Gasteiger partial charge in [-0.05, 0) is 79.7 Å². The lowest BCUT2D eigenvalue weighted by Crippen LogP contribution is -2.13. The first-order valence-corrected chi connectivity index (χ1v) is 12.9. The molecule has 0 aliphatic heterocycles. The van der Waals surface area contributed by atoms with Crippen LogP contribution < -0.4 is 0 Å². The number of nitrogens with zero attached hydrogens (tertiary/aromatic N) is 1. The number of halogens is 1. The summed E-state index contributed by atoms with van der Waals surface area (Å²) in [6.07, 6.45) is 13.2. The highest BCUT2D eigenvalue weighted by atomic mass is 19.1. The monoisotopic (exact) mass is 430 g/mol. The predicted octanol–water partition coefficient (Wildman–Crippen LogP) is 8.03. The average Bonchev–Trinajstić information content (AvgIpc) is 3.51. The molecule has 6 rings (SSSR count). The molecule has 3 heteroatoms. The van der Waals surface area contributed by atoms with Crippen molar-refractivity contribution in [1.82, 2.24) is 9.97 Å². The lowest BCUT2D eigenvalue weighted by molar-refractivity contribution is 0.322. The molecule has 168 valence electrons. The number of fused-ring (bicyclic) bond motifs is 2. The van der Waals surface area contributed by atoms with Crippen LogP contribution in [0, 0.1) is 29.5 Å². The molecule has 0 spiro atoms. The summed E-state index contributed by atoms with van der Waals surface area (Å²) in [6, 6.07) is 12.3. The Labute approximate surface area is 191 Å². The molecule has 3 saturated carbocycles. The Morgan fingerprint density at radius 1 is 0.906 bits per heavy atom. The van der Waals surface area contributed by atoms with Crippen LogP contribution in [0.1, 0.15) is 81.9 Å². The molecule has 3 aliphatic rings. The Morgan fingerprint density at radius 2 is 1.69 bits per heavy atom. The second-order valence-corrected chi connectivity index (χ2v) is 10.9. The van der Waals surface area contributed by atoms with E-state index in [2.05, 4.69) is 42.2 Å². The summed E-state index contributed by atoms with van der Waals surface area (Å²) in [6.45, 7) is 2.44. The van der Waals surface area contributed by atoms with Crippen molar-refractivity contribution in [3.63, 3.8) is 0 Å². The Bertz CT molecular complexity index is 1090. The van der Waals surface area contributed by atoms with Gasteiger partial charge >= 0.3 is 0 Å². The maximum atomic E-state index is 15.0. The molecular formula is C29H35FN2. The zero-order chi connectivity index (χ0) is 21.7. The lowest BCUT2D eigenvalue weighted by atomic mass is 9.84. The van der Waals surface area contributed by atoms with Crippen molar-refractivity contribution in [1.29, 1.82) is 0 Å². The number of hydrogen-bond donors (Lipinski definition) is 1. The molecule has 32 heavy (non-hydrogen) atoms. The van der Waals surface area contributed by atoms with E-state index in [0.29, 0.717) is 11.6 Å². The van der Waals surface area contributed by atoms with E-state index in [1.807, 2.05) is 0 Å². The molecule has 0 radical (unpaired) electrons. The van der Waals surface area contributed by atoms with Crippen molar-refractivity contribution < 1.29 is 4.39 Å². The van der Waals surface area contributed by atoms with E-state index >= 15 is 4.39 Å². The fourth-order valence-electron chi connectivity index (χ4n) is 7.29. The molecule has 3 aliphatic carbocycles. The van der Waals surface area contributed by atoms with Crippen LogP contribution in [0.5, 0.6) is 0 Å². The summed E-state index contributed by atoms with van der Waals surface area (Å²) in [7, 11) is 0. The smallest absolute Gasteiger partial charge is 0.151 e. The zero-order valence-corrected chi connectivity index (χ0v) is 19.2. The fourth-order valence-corrected chi connectivity index (χ4v) is 7.29. The number of benzene rings is 1. The van der Waals surface area contributed by atoms with Gasteiger partial charge in [-0.15, -0.1) is 0 Å². The maximum Gasteiger partial charge on any atom is 0.151 e. The van der Waals surface area contributed by atoms with Gasteiger partial charge in [0.15, 0.2) is 5.82 Å². The first-order chi connectivity index (χ1) is 15.7. The third-order valence-electron chi connectivity index (χ3n) is 9.07. The van der Waals surface area contributed by atoms with Crippen LogP contribution in [0.25, 0.3) is 22.3 Å². The maximum absolute atomic E-state index is 15.0. The normalized spacial score (nSPS) is 28.4. The third kappa shape index (κ3) is 3.68. The predicted molar refractivity (Wildman–Crippen MR) is 129 cm³/mol. The van der Waals surface area contributed by atoms with Gasteiger partial charge in [0, 0.05) is 17.3 Å². The van der Waals surface area contributed by atoms with Crippen molar-refractivity contribution >= 4 is 11.0 Å². The van der Waals surface area contributed by atoms with Gasteiger partial charge < -0.3 is 4.98 Å². The first kappa shape index (κ1) is 20.4. The highest BCUT2D eigenvalue weighted by Gasteiger charge is 2.42. The van der Waals surface area contributed by atoms with E-state index in [-0.39, 0.29) is 5.82 Å². The SMILES string of the molecule is CC1CCC2C(Cc3cc4nc(-c5ccc(C6CCCCC6)cc5)c(F)cc4[nH]3)CCC12. The molecule has 4 unspecified atom stereocenters. The van der Waals surface area contributed by atoms with Gasteiger partial charge in [0.1, 0.15) is 5.69 Å². The van der Waals surface area contributed by atoms with Crippen LogP contribution in [-0.2, 0) is 6.42 Å². The number of aromatic amines is 1. The molecule has 0 bridgehead atoms. The largest absolute Gasteiger partial charge is 0.357 e. The number of rotatable bonds is 4. The molecule has 1 N–H and O–H groups in total. The second-order valence-electron chi connectivity index (χ2n) is 10.9. The van der Waals surface area contributed by atoms with Gasteiger partial charge in [-0.1, -0.05) is 56.9 Å². The highest BCUT2D eigenvalue weighted by Crippen LogP contribution is 2.51. The Kier molecular flexibility index (Phi) is 5.31.